The van der Waals surface area contributed by atoms with Gasteiger partial charge in [-0.1, -0.05) is 18.2 Å². The Labute approximate surface area is 148 Å². The van der Waals surface area contributed by atoms with Gasteiger partial charge >= 0.3 is 0 Å². The Morgan fingerprint density at radius 1 is 1.16 bits per heavy atom. The quantitative estimate of drug-likeness (QED) is 0.510. The maximum atomic E-state index is 11.8. The van der Waals surface area contributed by atoms with Crippen LogP contribution in [0.2, 0.25) is 0 Å². The Bertz CT molecular complexity index is 713. The van der Waals surface area contributed by atoms with Crippen molar-refractivity contribution in [3.8, 4) is 5.75 Å². The molecule has 6 nitrogen and oxygen atoms in total. The molecule has 0 unspecified atom stereocenters. The van der Waals surface area contributed by atoms with Gasteiger partial charge in [0.1, 0.15) is 5.75 Å². The minimum absolute atomic E-state index is 0.119. The molecular weight excluding hydrogens is 316 g/mol. The highest BCUT2D eigenvalue weighted by Gasteiger charge is 2.06. The van der Waals surface area contributed by atoms with Crippen LogP contribution in [0, 0.1) is 0 Å². The van der Waals surface area contributed by atoms with Crippen LogP contribution in [0.25, 0.3) is 0 Å². The molecular formula is C19H24N4O2. The van der Waals surface area contributed by atoms with Crippen LogP contribution in [0.5, 0.6) is 5.75 Å². The van der Waals surface area contributed by atoms with Crippen LogP contribution in [0.3, 0.4) is 0 Å². The number of aromatic hydroxyl groups is 1. The zero-order chi connectivity index (χ0) is 18.1. The number of phenols is 1. The van der Waals surface area contributed by atoms with E-state index in [0.717, 1.165) is 24.5 Å². The Balaban J connectivity index is 1.87. The monoisotopic (exact) mass is 340 g/mol. The Hall–Kier alpha value is -3.02. The molecule has 0 aliphatic heterocycles. The molecule has 0 atom stereocenters. The number of amides is 1. The molecule has 2 rings (SSSR count). The highest BCUT2D eigenvalue weighted by atomic mass is 16.3. The van der Waals surface area contributed by atoms with Crippen molar-refractivity contribution in [2.45, 2.75) is 13.8 Å². The number of rotatable bonds is 8. The highest BCUT2D eigenvalue weighted by Crippen LogP contribution is 2.23. The lowest BCUT2D eigenvalue weighted by Gasteiger charge is -2.21. The van der Waals surface area contributed by atoms with Gasteiger partial charge in [0, 0.05) is 36.1 Å². The molecule has 0 saturated carbocycles. The van der Waals surface area contributed by atoms with Gasteiger partial charge in [0.05, 0.1) is 12.8 Å². The summed E-state index contributed by atoms with van der Waals surface area (Å²) in [6.07, 6.45) is 1.43. The van der Waals surface area contributed by atoms with Gasteiger partial charge < -0.3 is 15.3 Å². The molecule has 2 aromatic carbocycles. The molecule has 0 aromatic heterocycles. The number of hydrazone groups is 1. The first-order valence-corrected chi connectivity index (χ1v) is 8.32. The molecule has 2 aromatic rings. The van der Waals surface area contributed by atoms with Crippen molar-refractivity contribution in [1.29, 1.82) is 0 Å². The maximum Gasteiger partial charge on any atom is 0.259 e. The van der Waals surface area contributed by atoms with Gasteiger partial charge in [-0.15, -0.1) is 0 Å². The molecule has 1 amide bonds. The van der Waals surface area contributed by atoms with Crippen molar-refractivity contribution in [1.82, 2.24) is 5.43 Å². The molecule has 0 aliphatic carbocycles. The summed E-state index contributed by atoms with van der Waals surface area (Å²) < 4.78 is 0. The molecule has 0 saturated heterocycles. The number of carbonyl (C=O) groups is 1. The van der Waals surface area contributed by atoms with Crippen molar-refractivity contribution in [2.24, 2.45) is 5.10 Å². The summed E-state index contributed by atoms with van der Waals surface area (Å²) in [6.45, 7) is 5.99. The molecule has 0 radical (unpaired) electrons. The predicted molar refractivity (Wildman–Crippen MR) is 102 cm³/mol. The van der Waals surface area contributed by atoms with Gasteiger partial charge in [-0.05, 0) is 38.1 Å². The first-order chi connectivity index (χ1) is 12.1. The summed E-state index contributed by atoms with van der Waals surface area (Å²) in [4.78, 5) is 13.9. The summed E-state index contributed by atoms with van der Waals surface area (Å²) in [7, 11) is 0. The smallest absolute Gasteiger partial charge is 0.259 e. The number of hydrogen-bond acceptors (Lipinski definition) is 5. The zero-order valence-corrected chi connectivity index (χ0v) is 14.6. The number of benzene rings is 2. The van der Waals surface area contributed by atoms with Crippen LogP contribution < -0.4 is 15.6 Å². The van der Waals surface area contributed by atoms with E-state index in [2.05, 4.69) is 34.6 Å². The van der Waals surface area contributed by atoms with Crippen molar-refractivity contribution in [3.63, 3.8) is 0 Å². The third-order valence-electron chi connectivity index (χ3n) is 3.76. The maximum absolute atomic E-state index is 11.8. The van der Waals surface area contributed by atoms with E-state index in [4.69, 9.17) is 0 Å². The average molecular weight is 340 g/mol. The Morgan fingerprint density at radius 2 is 1.88 bits per heavy atom. The van der Waals surface area contributed by atoms with E-state index in [0.29, 0.717) is 5.56 Å². The van der Waals surface area contributed by atoms with E-state index in [-0.39, 0.29) is 18.2 Å². The second-order valence-corrected chi connectivity index (χ2v) is 5.43. The Morgan fingerprint density at radius 3 is 2.52 bits per heavy atom. The van der Waals surface area contributed by atoms with E-state index in [1.807, 2.05) is 36.4 Å². The summed E-state index contributed by atoms with van der Waals surface area (Å²) in [5.74, 6) is -0.135. The average Bonchev–Trinajstić information content (AvgIpc) is 2.63. The van der Waals surface area contributed by atoms with E-state index in [9.17, 15) is 9.90 Å². The van der Waals surface area contributed by atoms with E-state index >= 15 is 0 Å². The normalized spacial score (nSPS) is 10.6. The van der Waals surface area contributed by atoms with Gasteiger partial charge in [-0.25, -0.2) is 5.43 Å². The molecule has 0 fully saturated rings. The fourth-order valence-electron chi connectivity index (χ4n) is 2.38. The lowest BCUT2D eigenvalue weighted by Crippen LogP contribution is -2.25. The standard InChI is InChI=1S/C19H24N4O2/c1-3-23(4-2)17-11-10-15(18(24)12-17)13-21-22-19(25)14-20-16-8-6-5-7-9-16/h5-13,20,24H,3-4,14H2,1-2H3,(H,22,25)/b21-13+. The van der Waals surface area contributed by atoms with Gasteiger partial charge in [0.25, 0.3) is 5.91 Å². The lowest BCUT2D eigenvalue weighted by atomic mass is 10.2. The number of carbonyl (C=O) groups excluding carboxylic acids is 1. The molecule has 25 heavy (non-hydrogen) atoms. The second-order valence-electron chi connectivity index (χ2n) is 5.43. The zero-order valence-electron chi connectivity index (χ0n) is 14.6. The lowest BCUT2D eigenvalue weighted by molar-refractivity contribution is -0.119. The fourth-order valence-corrected chi connectivity index (χ4v) is 2.38. The second kappa shape index (κ2) is 9.32. The number of hydrogen-bond donors (Lipinski definition) is 3. The number of nitrogens with zero attached hydrogens (tertiary/aromatic N) is 2. The van der Waals surface area contributed by atoms with Crippen LogP contribution in [0.1, 0.15) is 19.4 Å². The van der Waals surface area contributed by atoms with Crippen LogP contribution >= 0.6 is 0 Å². The molecule has 0 aliphatic rings. The SMILES string of the molecule is CCN(CC)c1ccc(/C=N/NC(=O)CNc2ccccc2)c(O)c1. The summed E-state index contributed by atoms with van der Waals surface area (Å²) in [5.41, 5.74) is 4.80. The van der Waals surface area contributed by atoms with E-state index < -0.39 is 0 Å². The number of nitrogens with one attached hydrogen (secondary N) is 2. The highest BCUT2D eigenvalue weighted by molar-refractivity contribution is 5.86. The number of phenolic OH excluding ortho intramolecular Hbond substituents is 1. The summed E-state index contributed by atoms with van der Waals surface area (Å²) >= 11 is 0. The first kappa shape index (κ1) is 18.3. The van der Waals surface area contributed by atoms with E-state index in [1.165, 1.54) is 6.21 Å². The van der Waals surface area contributed by atoms with Gasteiger partial charge in [-0.3, -0.25) is 4.79 Å². The fraction of sp³-hybridized carbons (Fsp3) is 0.263. The minimum Gasteiger partial charge on any atom is -0.507 e. The van der Waals surface area contributed by atoms with Crippen LogP contribution in [-0.2, 0) is 4.79 Å². The van der Waals surface area contributed by atoms with Crippen LogP contribution in [0.15, 0.2) is 53.6 Å². The summed E-state index contributed by atoms with van der Waals surface area (Å²) in [5, 5.41) is 17.0. The third kappa shape index (κ3) is 5.53. The summed E-state index contributed by atoms with van der Waals surface area (Å²) in [6, 6.07) is 14.9. The minimum atomic E-state index is -0.264. The van der Waals surface area contributed by atoms with Crippen LogP contribution in [-0.4, -0.2) is 36.9 Å². The molecule has 0 bridgehead atoms. The predicted octanol–water partition coefficient (Wildman–Crippen LogP) is 2.80. The van der Waals surface area contributed by atoms with Crippen molar-refractivity contribution < 1.29 is 9.90 Å². The van der Waals surface area contributed by atoms with Crippen LogP contribution in [0.4, 0.5) is 11.4 Å². The first-order valence-electron chi connectivity index (χ1n) is 8.32. The van der Waals surface area contributed by atoms with Gasteiger partial charge in [-0.2, -0.15) is 5.10 Å². The van der Waals surface area contributed by atoms with Gasteiger partial charge in [0.15, 0.2) is 0 Å². The molecule has 132 valence electrons. The number of anilines is 2. The molecule has 3 N–H and O–H groups in total. The molecule has 0 spiro atoms. The Kier molecular flexibility index (Phi) is 6.83. The van der Waals surface area contributed by atoms with Crippen molar-refractivity contribution >= 4 is 23.5 Å². The van der Waals surface area contributed by atoms with Gasteiger partial charge in [0.2, 0.25) is 0 Å². The molecule has 0 heterocycles. The van der Waals surface area contributed by atoms with Crippen molar-refractivity contribution in [2.75, 3.05) is 29.9 Å². The molecule has 6 heteroatoms. The number of para-hydroxylation sites is 1. The van der Waals surface area contributed by atoms with E-state index in [1.54, 1.807) is 12.1 Å². The van der Waals surface area contributed by atoms with Crippen molar-refractivity contribution in [3.05, 3.63) is 54.1 Å². The largest absolute Gasteiger partial charge is 0.507 e. The topological polar surface area (TPSA) is 77.0 Å². The third-order valence-corrected chi connectivity index (χ3v) is 3.76.